The number of piperidine rings is 1. The third-order valence-electron chi connectivity index (χ3n) is 5.39. The molecule has 1 fully saturated rings. The lowest BCUT2D eigenvalue weighted by Crippen LogP contribution is -2.48. The Hall–Kier alpha value is -1.94. The molecule has 0 bridgehead atoms. The second-order valence-corrected chi connectivity index (χ2v) is 8.40. The van der Waals surface area contributed by atoms with E-state index in [0.29, 0.717) is 24.7 Å². The molecule has 1 aliphatic heterocycles. The van der Waals surface area contributed by atoms with Crippen LogP contribution in [0.25, 0.3) is 0 Å². The van der Waals surface area contributed by atoms with Crippen LogP contribution in [0.2, 0.25) is 0 Å². The Morgan fingerprint density at radius 2 is 1.97 bits per heavy atom. The molecule has 1 saturated heterocycles. The third kappa shape index (κ3) is 7.88. The van der Waals surface area contributed by atoms with Crippen LogP contribution in [0.1, 0.15) is 36.6 Å². The molecule has 2 aromatic rings. The van der Waals surface area contributed by atoms with Crippen molar-refractivity contribution in [3.8, 4) is 0 Å². The van der Waals surface area contributed by atoms with E-state index in [1.807, 2.05) is 44.1 Å². The minimum Gasteiger partial charge on any atom is -0.357 e. The van der Waals surface area contributed by atoms with Crippen LogP contribution in [0.4, 0.5) is 10.2 Å². The summed E-state index contributed by atoms with van der Waals surface area (Å²) in [6.07, 6.45) is 2.06. The molecular formula is C24H36FIN6. The van der Waals surface area contributed by atoms with Gasteiger partial charge in [0, 0.05) is 43.5 Å². The van der Waals surface area contributed by atoms with Crippen LogP contribution >= 0.6 is 24.0 Å². The van der Waals surface area contributed by atoms with E-state index in [-0.39, 0.29) is 29.8 Å². The van der Waals surface area contributed by atoms with E-state index in [9.17, 15) is 4.39 Å². The lowest BCUT2D eigenvalue weighted by atomic mass is 10.1. The predicted octanol–water partition coefficient (Wildman–Crippen LogP) is 3.93. The Morgan fingerprint density at radius 3 is 2.62 bits per heavy atom. The Balaban J connectivity index is 0.00000363. The number of aromatic nitrogens is 1. The molecule has 8 heteroatoms. The molecular weight excluding hydrogens is 518 g/mol. The first kappa shape index (κ1) is 26.3. The van der Waals surface area contributed by atoms with E-state index >= 15 is 0 Å². The van der Waals surface area contributed by atoms with E-state index in [1.54, 1.807) is 6.07 Å². The van der Waals surface area contributed by atoms with Gasteiger partial charge in [0.1, 0.15) is 11.6 Å². The van der Waals surface area contributed by atoms with Gasteiger partial charge in [0.15, 0.2) is 5.96 Å². The molecule has 0 radical (unpaired) electrons. The Kier molecular flexibility index (Phi) is 10.6. The van der Waals surface area contributed by atoms with Crippen LogP contribution in [0.15, 0.2) is 41.4 Å². The average Bonchev–Trinajstić information content (AvgIpc) is 2.74. The van der Waals surface area contributed by atoms with Gasteiger partial charge in [0.25, 0.3) is 0 Å². The molecule has 1 aromatic carbocycles. The van der Waals surface area contributed by atoms with Gasteiger partial charge in [0.2, 0.25) is 0 Å². The van der Waals surface area contributed by atoms with Gasteiger partial charge in [-0.2, -0.15) is 0 Å². The first-order valence-electron chi connectivity index (χ1n) is 11.1. The molecule has 2 N–H and O–H groups in total. The van der Waals surface area contributed by atoms with Crippen LogP contribution < -0.4 is 15.5 Å². The number of anilines is 1. The van der Waals surface area contributed by atoms with Crippen molar-refractivity contribution in [1.29, 1.82) is 0 Å². The van der Waals surface area contributed by atoms with Crippen molar-refractivity contribution >= 4 is 35.8 Å². The van der Waals surface area contributed by atoms with E-state index in [0.717, 1.165) is 55.5 Å². The summed E-state index contributed by atoms with van der Waals surface area (Å²) >= 11 is 0. The molecule has 3 rings (SSSR count). The molecule has 0 spiro atoms. The van der Waals surface area contributed by atoms with Gasteiger partial charge in [-0.3, -0.25) is 0 Å². The maximum Gasteiger partial charge on any atom is 0.191 e. The minimum atomic E-state index is -0.165. The normalized spacial score (nSPS) is 14.9. The van der Waals surface area contributed by atoms with Crippen LogP contribution in [-0.2, 0) is 13.1 Å². The number of guanidine groups is 1. The summed E-state index contributed by atoms with van der Waals surface area (Å²) in [4.78, 5) is 13.7. The maximum atomic E-state index is 14.0. The highest BCUT2D eigenvalue weighted by Gasteiger charge is 2.21. The molecule has 1 aliphatic rings. The molecule has 0 amide bonds. The highest BCUT2D eigenvalue weighted by atomic mass is 127. The molecule has 32 heavy (non-hydrogen) atoms. The lowest BCUT2D eigenvalue weighted by Gasteiger charge is -2.34. The third-order valence-corrected chi connectivity index (χ3v) is 5.39. The molecule has 0 aliphatic carbocycles. The predicted molar refractivity (Wildman–Crippen MR) is 141 cm³/mol. The number of nitrogens with zero attached hydrogens (tertiary/aromatic N) is 4. The van der Waals surface area contributed by atoms with Gasteiger partial charge in [-0.05, 0) is 70.6 Å². The smallest absolute Gasteiger partial charge is 0.191 e. The standard InChI is InChI=1S/C24H35FN6.HI/c1-5-26-24(27-16-19-9-10-22(25)20(15-19)17-30(3)4)29-21-11-13-31(14-12-21)23-8-6-7-18(2)28-23;/h6-10,15,21H,5,11-14,16-17H2,1-4H3,(H2,26,27,29);1H. The molecule has 2 heterocycles. The topological polar surface area (TPSA) is 55.8 Å². The minimum absolute atomic E-state index is 0. The molecule has 6 nitrogen and oxygen atoms in total. The van der Waals surface area contributed by atoms with E-state index in [1.165, 1.54) is 0 Å². The Labute approximate surface area is 208 Å². The van der Waals surface area contributed by atoms with Gasteiger partial charge >= 0.3 is 0 Å². The summed E-state index contributed by atoms with van der Waals surface area (Å²) < 4.78 is 14.0. The first-order chi connectivity index (χ1) is 14.9. The Morgan fingerprint density at radius 1 is 1.22 bits per heavy atom. The number of aliphatic imine (C=N–C) groups is 1. The molecule has 0 unspecified atom stereocenters. The molecule has 0 atom stereocenters. The van der Waals surface area contributed by atoms with E-state index in [4.69, 9.17) is 4.99 Å². The van der Waals surface area contributed by atoms with Crippen molar-refractivity contribution in [3.63, 3.8) is 0 Å². The van der Waals surface area contributed by atoms with Gasteiger partial charge in [-0.15, -0.1) is 24.0 Å². The summed E-state index contributed by atoms with van der Waals surface area (Å²) in [6.45, 7) is 7.93. The number of halogens is 2. The zero-order valence-corrected chi connectivity index (χ0v) is 21.9. The lowest BCUT2D eigenvalue weighted by molar-refractivity contribution is 0.392. The van der Waals surface area contributed by atoms with Gasteiger partial charge in [-0.25, -0.2) is 14.4 Å². The van der Waals surface area contributed by atoms with Crippen molar-refractivity contribution < 1.29 is 4.39 Å². The maximum absolute atomic E-state index is 14.0. The van der Waals surface area contributed by atoms with Crippen molar-refractivity contribution in [3.05, 3.63) is 59.0 Å². The second kappa shape index (κ2) is 12.9. The van der Waals surface area contributed by atoms with Crippen LogP contribution in [0, 0.1) is 12.7 Å². The highest BCUT2D eigenvalue weighted by Crippen LogP contribution is 2.18. The van der Waals surface area contributed by atoms with Crippen molar-refractivity contribution in [1.82, 2.24) is 20.5 Å². The molecule has 1 aromatic heterocycles. The fourth-order valence-electron chi connectivity index (χ4n) is 3.83. The summed E-state index contributed by atoms with van der Waals surface area (Å²) in [6, 6.07) is 11.8. The quantitative estimate of drug-likeness (QED) is 0.309. The Bertz CT molecular complexity index is 881. The largest absolute Gasteiger partial charge is 0.357 e. The molecule has 0 saturated carbocycles. The van der Waals surface area contributed by atoms with Gasteiger partial charge in [0.05, 0.1) is 6.54 Å². The monoisotopic (exact) mass is 554 g/mol. The highest BCUT2D eigenvalue weighted by molar-refractivity contribution is 14.0. The number of nitrogens with one attached hydrogen (secondary N) is 2. The number of hydrogen-bond donors (Lipinski definition) is 2. The number of aryl methyl sites for hydroxylation is 1. The fourth-order valence-corrected chi connectivity index (χ4v) is 3.83. The van der Waals surface area contributed by atoms with E-state index < -0.39 is 0 Å². The SMILES string of the molecule is CCNC(=NCc1ccc(F)c(CN(C)C)c1)NC1CCN(c2cccc(C)n2)CC1.I. The summed E-state index contributed by atoms with van der Waals surface area (Å²) in [7, 11) is 3.88. The van der Waals surface area contributed by atoms with Crippen LogP contribution in [0.3, 0.4) is 0 Å². The second-order valence-electron chi connectivity index (χ2n) is 8.40. The van der Waals surface area contributed by atoms with Crippen LogP contribution in [0.5, 0.6) is 0 Å². The zero-order valence-electron chi connectivity index (χ0n) is 19.6. The van der Waals surface area contributed by atoms with E-state index in [2.05, 4.69) is 39.6 Å². The summed E-state index contributed by atoms with van der Waals surface area (Å²) in [5, 5.41) is 6.92. The van der Waals surface area contributed by atoms with Gasteiger partial charge in [-0.1, -0.05) is 12.1 Å². The first-order valence-corrected chi connectivity index (χ1v) is 11.1. The number of rotatable bonds is 7. The van der Waals surface area contributed by atoms with Crippen molar-refractivity contribution in [2.45, 2.75) is 45.8 Å². The van der Waals surface area contributed by atoms with Crippen molar-refractivity contribution in [2.24, 2.45) is 4.99 Å². The fraction of sp³-hybridized carbons (Fsp3) is 0.500. The van der Waals surface area contributed by atoms with Gasteiger partial charge < -0.3 is 20.4 Å². The average molecular weight is 554 g/mol. The zero-order chi connectivity index (χ0) is 22.2. The number of benzene rings is 1. The van der Waals surface area contributed by atoms with Crippen LogP contribution in [-0.4, -0.2) is 55.6 Å². The summed E-state index contributed by atoms with van der Waals surface area (Å²) in [5.74, 6) is 1.71. The number of hydrogen-bond acceptors (Lipinski definition) is 4. The number of pyridine rings is 1. The molecule has 176 valence electrons. The summed E-state index contributed by atoms with van der Waals surface area (Å²) in [5.41, 5.74) is 2.76. The van der Waals surface area contributed by atoms with Crippen molar-refractivity contribution in [2.75, 3.05) is 38.6 Å².